The number of rotatable bonds is 39. The normalized spacial score (nSPS) is 14.1. The molecule has 0 aromatic rings. The van der Waals surface area contributed by atoms with Crippen LogP contribution in [0, 0.1) is 17.8 Å². The average Bonchev–Trinajstić information content (AvgIpc) is 3.44. The third kappa shape index (κ3) is 32.4. The lowest BCUT2D eigenvalue weighted by molar-refractivity contribution is -0.138. The number of aliphatic carboxylic acids is 1. The third-order valence-corrected chi connectivity index (χ3v) is 12.2. The number of guanidine groups is 1. The van der Waals surface area contributed by atoms with Gasteiger partial charge in [0.1, 0.15) is 53.9 Å². The molecule has 0 spiro atoms. The minimum absolute atomic E-state index is 0.00377. The number of carbonyl (C=O) groups excluding carboxylic acids is 12. The monoisotopic (exact) mass is 1180 g/mol. The van der Waals surface area contributed by atoms with Crippen molar-refractivity contribution in [2.75, 3.05) is 19.6 Å². The van der Waals surface area contributed by atoms with Gasteiger partial charge in [-0.25, -0.2) is 4.79 Å². The van der Waals surface area contributed by atoms with Crippen molar-refractivity contribution in [2.24, 2.45) is 39.9 Å². The fraction of sp³-hybridized carbons (Fsp3) is 0.736. The van der Waals surface area contributed by atoms with E-state index in [4.69, 9.17) is 17.2 Å². The first kappa shape index (κ1) is 75.2. The maximum atomic E-state index is 14.1. The van der Waals surface area contributed by atoms with Crippen molar-refractivity contribution in [3.8, 4) is 0 Å². The zero-order chi connectivity index (χ0) is 63.9. The molecule has 0 saturated carbocycles. The lowest BCUT2D eigenvalue weighted by atomic mass is 9.98. The zero-order valence-electron chi connectivity index (χ0n) is 50.6. The van der Waals surface area contributed by atoms with E-state index in [2.05, 4.69) is 68.8 Å². The number of carboxylic acid groups (broad SMARTS) is 1. The summed E-state index contributed by atoms with van der Waals surface area (Å²) >= 11 is 0. The number of primary amides is 1. The van der Waals surface area contributed by atoms with Crippen molar-refractivity contribution >= 4 is 82.9 Å². The van der Waals surface area contributed by atoms with Crippen molar-refractivity contribution in [2.45, 2.75) is 214 Å². The Hall–Kier alpha value is -7.82. The molecule has 13 amide bonds. The molecule has 30 nitrogen and oxygen atoms in total. The van der Waals surface area contributed by atoms with E-state index in [1.54, 1.807) is 48.5 Å². The lowest BCUT2D eigenvalue weighted by Crippen LogP contribution is -2.63. The second-order valence-electron chi connectivity index (χ2n) is 22.5. The van der Waals surface area contributed by atoms with Crippen LogP contribution in [0.5, 0.6) is 0 Å². The summed E-state index contributed by atoms with van der Waals surface area (Å²) in [5.41, 5.74) is 14.3. The van der Waals surface area contributed by atoms with Crippen molar-refractivity contribution < 1.29 is 67.4 Å². The van der Waals surface area contributed by atoms with Gasteiger partial charge in [-0.2, -0.15) is 0 Å². The first-order valence-electron chi connectivity index (χ1n) is 28.1. The minimum Gasteiger partial charge on any atom is -0.481 e. The highest BCUT2D eigenvalue weighted by molar-refractivity contribution is 5.99. The molecule has 0 unspecified atom stereocenters. The first-order chi connectivity index (χ1) is 38.5. The largest absolute Gasteiger partial charge is 0.481 e. The highest BCUT2D eigenvalue weighted by Crippen LogP contribution is 2.13. The van der Waals surface area contributed by atoms with Gasteiger partial charge in [-0.1, -0.05) is 48.5 Å². The number of nitrogens with zero attached hydrogens (tertiary/aromatic N) is 1. The zero-order valence-corrected chi connectivity index (χ0v) is 50.6. The summed E-state index contributed by atoms with van der Waals surface area (Å²) in [6.45, 7) is 20.8. The van der Waals surface area contributed by atoms with E-state index in [1.807, 2.05) is 13.8 Å². The van der Waals surface area contributed by atoms with Crippen molar-refractivity contribution in [3.05, 3.63) is 0 Å². The lowest BCUT2D eigenvalue weighted by Gasteiger charge is -2.31. The van der Waals surface area contributed by atoms with E-state index in [-0.39, 0.29) is 87.8 Å². The van der Waals surface area contributed by atoms with Gasteiger partial charge in [0.15, 0.2) is 5.96 Å². The van der Waals surface area contributed by atoms with Crippen molar-refractivity contribution in [3.63, 3.8) is 0 Å². The number of carboxylic acids is 1. The molecule has 0 aromatic carbocycles. The van der Waals surface area contributed by atoms with Gasteiger partial charge in [-0.05, 0) is 110 Å². The highest BCUT2D eigenvalue weighted by Gasteiger charge is 2.37. The first-order valence-corrected chi connectivity index (χ1v) is 28.1. The molecule has 0 bridgehead atoms. The van der Waals surface area contributed by atoms with Crippen molar-refractivity contribution in [1.29, 1.82) is 0 Å². The summed E-state index contributed by atoms with van der Waals surface area (Å²) in [5.74, 6) is -10.2. The predicted molar refractivity (Wildman–Crippen MR) is 308 cm³/mol. The van der Waals surface area contributed by atoms with Gasteiger partial charge >= 0.3 is 12.0 Å². The van der Waals surface area contributed by atoms with E-state index in [1.165, 1.54) is 27.7 Å². The second-order valence-corrected chi connectivity index (χ2v) is 22.5. The van der Waals surface area contributed by atoms with Crippen LogP contribution >= 0.6 is 0 Å². The maximum absolute atomic E-state index is 14.1. The topological polar surface area (TPSA) is 477 Å². The Morgan fingerprint density at radius 2 is 0.940 bits per heavy atom. The van der Waals surface area contributed by atoms with Crippen LogP contribution in [0.1, 0.15) is 154 Å². The Kier molecular flexibility index (Phi) is 34.5. The molecule has 0 saturated heterocycles. The van der Waals surface area contributed by atoms with Gasteiger partial charge in [-0.3, -0.25) is 62.5 Å². The molecule has 0 rings (SSSR count). The summed E-state index contributed by atoms with van der Waals surface area (Å²) in [7, 11) is 0. The van der Waals surface area contributed by atoms with Gasteiger partial charge in [0.25, 0.3) is 0 Å². The summed E-state index contributed by atoms with van der Waals surface area (Å²) in [6, 6.07) is -11.1. The molecular formula is C53H96N16O14. The number of hydrogen-bond donors (Lipinski definition) is 16. The number of aliphatic imine (C=N–C) groups is 1. The smallest absolute Gasteiger partial charge is 0.312 e. The summed E-state index contributed by atoms with van der Waals surface area (Å²) in [6.07, 6.45) is -0.203. The van der Waals surface area contributed by atoms with Crippen LogP contribution in [0.2, 0.25) is 0 Å². The van der Waals surface area contributed by atoms with Gasteiger partial charge in [0.05, 0.1) is 6.54 Å². The fourth-order valence-electron chi connectivity index (χ4n) is 8.01. The number of hydrogen-bond acceptors (Lipinski definition) is 14. The van der Waals surface area contributed by atoms with E-state index >= 15 is 0 Å². The molecule has 30 heteroatoms. The number of carbonyl (C=O) groups is 13. The molecule has 0 aliphatic rings. The molecule has 0 fully saturated rings. The van der Waals surface area contributed by atoms with E-state index in [0.29, 0.717) is 6.42 Å². The predicted octanol–water partition coefficient (Wildman–Crippen LogP) is -2.64. The number of nitrogens with one attached hydrogen (secondary N) is 12. The highest BCUT2D eigenvalue weighted by atomic mass is 16.4. The Balaban J connectivity index is 6.31. The minimum atomic E-state index is -1.62. The molecule has 0 aromatic heterocycles. The Morgan fingerprint density at radius 3 is 1.42 bits per heavy atom. The molecule has 8 atom stereocenters. The van der Waals surface area contributed by atoms with Gasteiger partial charge in [0.2, 0.25) is 65.0 Å². The molecule has 0 aliphatic carbocycles. The van der Waals surface area contributed by atoms with Crippen LogP contribution in [-0.2, 0) is 57.5 Å². The van der Waals surface area contributed by atoms with Crippen LogP contribution in [-0.4, -0.2) is 168 Å². The SMILES string of the molecule is CC[C@H](NC(=O)[C@H](C)NC(=O)[C@H](CC(C)C)NC(=O)[C@H](CCC(=O)O)NC(=O)CNC(=O)[C@H](CCCN=C(N)N)NC(C)=O)C(=O)N[C@@H](CC(C)C)C(=O)N[C@@H](CCCNC(N)=O)C(=O)NC(C)(C)C(=O)N[C@@H](CC(C)C)C(=O)NC(C)C. The van der Waals surface area contributed by atoms with Crippen LogP contribution < -0.4 is 81.0 Å². The van der Waals surface area contributed by atoms with Crippen LogP contribution in [0.4, 0.5) is 4.79 Å². The van der Waals surface area contributed by atoms with Gasteiger partial charge in [0, 0.05) is 32.5 Å². The third-order valence-electron chi connectivity index (χ3n) is 12.2. The Morgan fingerprint density at radius 1 is 0.494 bits per heavy atom. The average molecular weight is 1180 g/mol. The van der Waals surface area contributed by atoms with Crippen LogP contribution in [0.3, 0.4) is 0 Å². The van der Waals surface area contributed by atoms with E-state index < -0.39 is 150 Å². The van der Waals surface area contributed by atoms with Gasteiger partial charge < -0.3 is 86.1 Å². The molecule has 19 N–H and O–H groups in total. The maximum Gasteiger partial charge on any atom is 0.312 e. The molecule has 83 heavy (non-hydrogen) atoms. The fourth-order valence-corrected chi connectivity index (χ4v) is 8.01. The summed E-state index contributed by atoms with van der Waals surface area (Å²) < 4.78 is 0. The number of amides is 13. The van der Waals surface area contributed by atoms with Crippen molar-refractivity contribution in [1.82, 2.24) is 63.8 Å². The van der Waals surface area contributed by atoms with Gasteiger partial charge in [-0.15, -0.1) is 0 Å². The number of urea groups is 1. The van der Waals surface area contributed by atoms with Crippen LogP contribution in [0.15, 0.2) is 4.99 Å². The molecule has 472 valence electrons. The van der Waals surface area contributed by atoms with E-state index in [0.717, 1.165) is 0 Å². The standard InChI is InChI=1S/C53H96N16O14/c1-14-33(44(76)66-38(24-28(4)5)48(80)65-35(18-16-22-58-52(56)83)49(81)69-53(12,13)50(82)68-39(25-29(6)7)46(78)60-30(8)9)64-42(74)31(10)61-47(79)37(23-27(2)3)67-45(77)36(19-20-41(72)73)63-40(71)26-59-43(75)34(62-32(11)70)17-15-21-57-51(54)55/h27-31,33-39H,14-26H2,1-13H3,(H,59,75)(H,60,78)(H,61,79)(H,62,70)(H,63,71)(H,64,74)(H,65,80)(H,66,76)(H,67,77)(H,68,82)(H,69,81)(H,72,73)(H4,54,55,57)(H3,56,58,83)/t31-,33-,34-,35-,36-,37-,38-,39-/m0/s1. The van der Waals surface area contributed by atoms with Crippen LogP contribution in [0.25, 0.3) is 0 Å². The number of nitrogens with two attached hydrogens (primary N) is 3. The second kappa shape index (κ2) is 38.0. The summed E-state index contributed by atoms with van der Waals surface area (Å²) in [4.78, 5) is 174. The molecule has 0 heterocycles. The Labute approximate surface area is 486 Å². The Bertz CT molecular complexity index is 2260. The molecule has 0 aliphatic heterocycles. The molecule has 0 radical (unpaired) electrons. The van der Waals surface area contributed by atoms with E-state index in [9.17, 15) is 67.4 Å². The molecular weight excluding hydrogens is 1080 g/mol. The quantitative estimate of drug-likeness (QED) is 0.0170. The summed E-state index contributed by atoms with van der Waals surface area (Å²) in [5, 5.41) is 40.1.